The number of hydrogen-bond donors (Lipinski definition) is 1. The summed E-state index contributed by atoms with van der Waals surface area (Å²) in [5, 5.41) is 3.02. The number of aryl methyl sites for hydroxylation is 1. The van der Waals surface area contributed by atoms with E-state index in [0.717, 1.165) is 41.4 Å². The molecule has 4 nitrogen and oxygen atoms in total. The Kier molecular flexibility index (Phi) is 5.42. The highest BCUT2D eigenvalue weighted by atomic mass is 79.9. The fraction of sp³-hybridized carbons (Fsp3) is 0.400. The Bertz CT molecular complexity index is 733. The van der Waals surface area contributed by atoms with Crippen molar-refractivity contribution in [1.29, 1.82) is 0 Å². The Morgan fingerprint density at radius 2 is 2.04 bits per heavy atom. The molecule has 5 heteroatoms. The van der Waals surface area contributed by atoms with E-state index in [1.54, 1.807) is 6.08 Å². The van der Waals surface area contributed by atoms with Crippen LogP contribution in [-0.2, 0) is 9.59 Å². The molecule has 1 N–H and O–H groups in total. The second kappa shape index (κ2) is 7.56. The van der Waals surface area contributed by atoms with Gasteiger partial charge in [0.05, 0.1) is 0 Å². The van der Waals surface area contributed by atoms with E-state index in [1.807, 2.05) is 36.1 Å². The van der Waals surface area contributed by atoms with Crippen molar-refractivity contribution in [2.75, 3.05) is 11.9 Å². The summed E-state index contributed by atoms with van der Waals surface area (Å²) >= 11 is 3.49. The molecule has 2 amide bonds. The van der Waals surface area contributed by atoms with E-state index in [0.29, 0.717) is 12.1 Å². The van der Waals surface area contributed by atoms with Crippen molar-refractivity contribution < 1.29 is 9.59 Å². The van der Waals surface area contributed by atoms with Gasteiger partial charge in [0.1, 0.15) is 0 Å². The van der Waals surface area contributed by atoms with Gasteiger partial charge in [0.25, 0.3) is 5.91 Å². The van der Waals surface area contributed by atoms with Gasteiger partial charge < -0.3 is 10.2 Å². The second-order valence-electron chi connectivity index (χ2n) is 6.78. The lowest BCUT2D eigenvalue weighted by atomic mass is 9.84. The van der Waals surface area contributed by atoms with Gasteiger partial charge in [-0.15, -0.1) is 0 Å². The quantitative estimate of drug-likeness (QED) is 0.819. The Labute approximate surface area is 157 Å². The number of nitrogens with zero attached hydrogens (tertiary/aromatic N) is 1. The molecule has 1 aliphatic carbocycles. The molecule has 0 aromatic heterocycles. The third kappa shape index (κ3) is 3.87. The normalized spacial score (nSPS) is 23.4. The fourth-order valence-corrected chi connectivity index (χ4v) is 3.96. The summed E-state index contributed by atoms with van der Waals surface area (Å²) < 4.78 is 0.993. The lowest BCUT2D eigenvalue weighted by Gasteiger charge is -2.34. The Morgan fingerprint density at radius 1 is 1.32 bits per heavy atom. The summed E-state index contributed by atoms with van der Waals surface area (Å²) in [6.45, 7) is 6.37. The van der Waals surface area contributed by atoms with Crippen molar-refractivity contribution in [2.45, 2.75) is 38.6 Å². The first-order valence-electron chi connectivity index (χ1n) is 8.70. The third-order valence-electron chi connectivity index (χ3n) is 5.18. The molecule has 0 atom stereocenters. The molecule has 25 heavy (non-hydrogen) atoms. The highest BCUT2D eigenvalue weighted by molar-refractivity contribution is 9.10. The van der Waals surface area contributed by atoms with Gasteiger partial charge in [-0.2, -0.15) is 0 Å². The van der Waals surface area contributed by atoms with E-state index in [-0.39, 0.29) is 23.8 Å². The first kappa shape index (κ1) is 17.9. The SMILES string of the molecule is C=CC1=CCN(C2CCC(C(=O)Nc3ccc(C)c(Br)c3)CC2)C1=O. The molecule has 1 aromatic carbocycles. The number of anilines is 1. The summed E-state index contributed by atoms with van der Waals surface area (Å²) in [4.78, 5) is 26.7. The zero-order chi connectivity index (χ0) is 18.0. The van der Waals surface area contributed by atoms with Gasteiger partial charge >= 0.3 is 0 Å². The molecular formula is C20H23BrN2O2. The number of nitrogens with one attached hydrogen (secondary N) is 1. The zero-order valence-electron chi connectivity index (χ0n) is 14.4. The van der Waals surface area contributed by atoms with E-state index in [2.05, 4.69) is 27.8 Å². The van der Waals surface area contributed by atoms with Crippen LogP contribution in [0, 0.1) is 12.8 Å². The molecule has 1 fully saturated rings. The van der Waals surface area contributed by atoms with Crippen LogP contribution in [0.4, 0.5) is 5.69 Å². The summed E-state index contributed by atoms with van der Waals surface area (Å²) in [5.74, 6) is 0.167. The predicted octanol–water partition coefficient (Wildman–Crippen LogP) is 4.21. The molecule has 0 bridgehead atoms. The van der Waals surface area contributed by atoms with Crippen LogP contribution in [0.3, 0.4) is 0 Å². The van der Waals surface area contributed by atoms with Crippen LogP contribution in [0.15, 0.2) is 47.0 Å². The Morgan fingerprint density at radius 3 is 2.64 bits per heavy atom. The van der Waals surface area contributed by atoms with Crippen LogP contribution in [0.25, 0.3) is 0 Å². The molecule has 0 unspecified atom stereocenters. The molecule has 0 radical (unpaired) electrons. The molecule has 3 rings (SSSR count). The molecule has 1 heterocycles. The summed E-state index contributed by atoms with van der Waals surface area (Å²) in [7, 11) is 0. The molecule has 0 saturated heterocycles. The number of amides is 2. The van der Waals surface area contributed by atoms with Crippen LogP contribution < -0.4 is 5.32 Å². The Balaban J connectivity index is 1.53. The minimum absolute atomic E-state index is 0.0147. The van der Waals surface area contributed by atoms with Gasteiger partial charge in [-0.05, 0) is 50.3 Å². The molecule has 1 aliphatic heterocycles. The first-order valence-corrected chi connectivity index (χ1v) is 9.49. The van der Waals surface area contributed by atoms with Gasteiger partial charge in [-0.3, -0.25) is 9.59 Å². The number of benzene rings is 1. The average Bonchev–Trinajstić information content (AvgIpc) is 2.99. The van der Waals surface area contributed by atoms with Crippen LogP contribution in [0.2, 0.25) is 0 Å². The summed E-state index contributed by atoms with van der Waals surface area (Å²) in [6.07, 6.45) is 6.94. The second-order valence-corrected chi connectivity index (χ2v) is 7.63. The van der Waals surface area contributed by atoms with E-state index >= 15 is 0 Å². The molecular weight excluding hydrogens is 380 g/mol. The van der Waals surface area contributed by atoms with Crippen LogP contribution in [0.5, 0.6) is 0 Å². The average molecular weight is 403 g/mol. The van der Waals surface area contributed by atoms with E-state index in [4.69, 9.17) is 0 Å². The monoisotopic (exact) mass is 402 g/mol. The summed E-state index contributed by atoms with van der Waals surface area (Å²) in [5.41, 5.74) is 2.66. The number of carbonyl (C=O) groups excluding carboxylic acids is 2. The van der Waals surface area contributed by atoms with Crippen molar-refractivity contribution >= 4 is 33.4 Å². The van der Waals surface area contributed by atoms with Gasteiger partial charge in [0.15, 0.2) is 0 Å². The number of halogens is 1. The van der Waals surface area contributed by atoms with Crippen molar-refractivity contribution in [3.05, 3.63) is 52.5 Å². The molecule has 1 saturated carbocycles. The zero-order valence-corrected chi connectivity index (χ0v) is 16.0. The van der Waals surface area contributed by atoms with E-state index in [9.17, 15) is 9.59 Å². The van der Waals surface area contributed by atoms with Gasteiger partial charge in [-0.1, -0.05) is 40.7 Å². The highest BCUT2D eigenvalue weighted by Gasteiger charge is 2.33. The maximum absolute atomic E-state index is 12.5. The summed E-state index contributed by atoms with van der Waals surface area (Å²) in [6, 6.07) is 6.08. The van der Waals surface area contributed by atoms with Crippen LogP contribution >= 0.6 is 15.9 Å². The topological polar surface area (TPSA) is 49.4 Å². The van der Waals surface area contributed by atoms with E-state index in [1.165, 1.54) is 0 Å². The standard InChI is InChI=1S/C20H23BrN2O2/c1-3-14-10-11-23(20(14)25)17-8-5-15(6-9-17)19(24)22-16-7-4-13(2)18(21)12-16/h3-4,7,10,12,15,17H,1,5-6,8-9,11H2,2H3,(H,22,24). The van der Waals surface area contributed by atoms with Crippen molar-refractivity contribution in [3.8, 4) is 0 Å². The minimum Gasteiger partial charge on any atom is -0.332 e. The van der Waals surface area contributed by atoms with Crippen molar-refractivity contribution in [2.24, 2.45) is 5.92 Å². The minimum atomic E-state index is 0.0147. The fourth-order valence-electron chi connectivity index (χ4n) is 3.58. The van der Waals surface area contributed by atoms with E-state index < -0.39 is 0 Å². The largest absolute Gasteiger partial charge is 0.332 e. The van der Waals surface area contributed by atoms with Crippen molar-refractivity contribution in [1.82, 2.24) is 4.90 Å². The lowest BCUT2D eigenvalue weighted by molar-refractivity contribution is -0.128. The molecule has 1 aromatic rings. The predicted molar refractivity (Wildman–Crippen MR) is 103 cm³/mol. The maximum atomic E-state index is 12.5. The van der Waals surface area contributed by atoms with Gasteiger partial charge in [0, 0.05) is 34.2 Å². The van der Waals surface area contributed by atoms with Crippen LogP contribution in [0.1, 0.15) is 31.2 Å². The molecule has 0 spiro atoms. The number of carbonyl (C=O) groups is 2. The lowest BCUT2D eigenvalue weighted by Crippen LogP contribution is -2.41. The Hall–Kier alpha value is -1.88. The number of hydrogen-bond acceptors (Lipinski definition) is 2. The highest BCUT2D eigenvalue weighted by Crippen LogP contribution is 2.31. The maximum Gasteiger partial charge on any atom is 0.254 e. The molecule has 132 valence electrons. The number of rotatable bonds is 4. The van der Waals surface area contributed by atoms with Crippen molar-refractivity contribution in [3.63, 3.8) is 0 Å². The smallest absolute Gasteiger partial charge is 0.254 e. The van der Waals surface area contributed by atoms with Gasteiger partial charge in [-0.25, -0.2) is 0 Å². The first-order chi connectivity index (χ1) is 12.0. The van der Waals surface area contributed by atoms with Gasteiger partial charge in [0.2, 0.25) is 5.91 Å². The molecule has 2 aliphatic rings. The van der Waals surface area contributed by atoms with Crippen LogP contribution in [-0.4, -0.2) is 29.3 Å². The third-order valence-corrected chi connectivity index (χ3v) is 6.04.